The van der Waals surface area contributed by atoms with E-state index in [1.54, 1.807) is 17.8 Å². The molecule has 0 fully saturated rings. The van der Waals surface area contributed by atoms with Crippen molar-refractivity contribution in [3.8, 4) is 0 Å². The van der Waals surface area contributed by atoms with Gasteiger partial charge in [0.15, 0.2) is 0 Å². The number of hydrogen-bond acceptors (Lipinski definition) is 3. The monoisotopic (exact) mass is 265 g/mol. The molecule has 0 unspecified atom stereocenters. The molecule has 2 aromatic rings. The molecule has 0 aliphatic rings. The van der Waals surface area contributed by atoms with Gasteiger partial charge >= 0.3 is 0 Å². The van der Waals surface area contributed by atoms with Crippen molar-refractivity contribution in [2.75, 3.05) is 0 Å². The lowest BCUT2D eigenvalue weighted by Gasteiger charge is -2.05. The van der Waals surface area contributed by atoms with E-state index >= 15 is 0 Å². The number of thioether (sulfide) groups is 1. The Bertz CT molecular complexity index is 551. The summed E-state index contributed by atoms with van der Waals surface area (Å²) in [5.41, 5.74) is 7.95. The first-order valence-electron chi connectivity index (χ1n) is 5.71. The quantitative estimate of drug-likeness (QED) is 0.864. The Morgan fingerprint density at radius 1 is 1.39 bits per heavy atom. The van der Waals surface area contributed by atoms with Gasteiger partial charge in [-0.25, -0.2) is 4.39 Å². The third-order valence-electron chi connectivity index (χ3n) is 2.69. The Morgan fingerprint density at radius 3 is 2.72 bits per heavy atom. The van der Waals surface area contributed by atoms with Crippen LogP contribution in [0.4, 0.5) is 4.39 Å². The summed E-state index contributed by atoms with van der Waals surface area (Å²) in [6.07, 6.45) is 0. The molecule has 2 N–H and O–H groups in total. The third-order valence-corrected chi connectivity index (χ3v) is 3.82. The van der Waals surface area contributed by atoms with Crippen molar-refractivity contribution < 1.29 is 4.39 Å². The highest BCUT2D eigenvalue weighted by Gasteiger charge is 2.07. The van der Waals surface area contributed by atoms with Gasteiger partial charge in [0.1, 0.15) is 5.82 Å². The second-order valence-corrected chi connectivity index (χ2v) is 5.16. The van der Waals surface area contributed by atoms with Gasteiger partial charge in [-0.3, -0.25) is 4.68 Å². The van der Waals surface area contributed by atoms with Gasteiger partial charge in [-0.1, -0.05) is 12.1 Å². The number of hydrogen-bond donors (Lipinski definition) is 1. The summed E-state index contributed by atoms with van der Waals surface area (Å²) < 4.78 is 15.6. The molecule has 0 aliphatic carbocycles. The Labute approximate surface area is 110 Å². The SMILES string of the molecule is Cc1cc(SCc2ccc(CN)cc2F)n(C)n1. The highest BCUT2D eigenvalue weighted by molar-refractivity contribution is 7.98. The van der Waals surface area contributed by atoms with E-state index in [0.29, 0.717) is 17.9 Å². The number of halogens is 1. The molecular formula is C13H16FN3S. The van der Waals surface area contributed by atoms with Gasteiger partial charge in [-0.2, -0.15) is 5.10 Å². The van der Waals surface area contributed by atoms with Crippen molar-refractivity contribution >= 4 is 11.8 Å². The molecule has 96 valence electrons. The third kappa shape index (κ3) is 2.91. The molecule has 0 amide bonds. The molecule has 0 saturated heterocycles. The predicted octanol–water partition coefficient (Wildman–Crippen LogP) is 2.62. The number of nitrogens with zero attached hydrogens (tertiary/aromatic N) is 2. The number of aromatic nitrogens is 2. The lowest BCUT2D eigenvalue weighted by molar-refractivity contribution is 0.614. The van der Waals surface area contributed by atoms with Gasteiger partial charge in [0.25, 0.3) is 0 Å². The number of aryl methyl sites for hydroxylation is 2. The minimum Gasteiger partial charge on any atom is -0.326 e. The molecule has 1 aromatic carbocycles. The standard InChI is InChI=1S/C13H16FN3S/c1-9-5-13(17(2)16-9)18-8-11-4-3-10(7-15)6-12(11)14/h3-6H,7-8,15H2,1-2H3. The number of rotatable bonds is 4. The first-order chi connectivity index (χ1) is 8.60. The van der Waals surface area contributed by atoms with Gasteiger partial charge in [-0.05, 0) is 30.2 Å². The molecular weight excluding hydrogens is 249 g/mol. The summed E-state index contributed by atoms with van der Waals surface area (Å²) in [6.45, 7) is 2.31. The van der Waals surface area contributed by atoms with Crippen LogP contribution in [0.25, 0.3) is 0 Å². The summed E-state index contributed by atoms with van der Waals surface area (Å²) in [4.78, 5) is 0. The van der Waals surface area contributed by atoms with Crippen molar-refractivity contribution in [1.82, 2.24) is 9.78 Å². The fourth-order valence-corrected chi connectivity index (χ4v) is 2.73. The Morgan fingerprint density at radius 2 is 2.17 bits per heavy atom. The van der Waals surface area contributed by atoms with Gasteiger partial charge in [0.2, 0.25) is 0 Å². The highest BCUT2D eigenvalue weighted by atomic mass is 32.2. The molecule has 0 spiro atoms. The van der Waals surface area contributed by atoms with Gasteiger partial charge in [0, 0.05) is 19.3 Å². The van der Waals surface area contributed by atoms with Crippen LogP contribution >= 0.6 is 11.8 Å². The average Bonchev–Trinajstić information content (AvgIpc) is 2.66. The van der Waals surface area contributed by atoms with Crippen molar-refractivity contribution in [2.24, 2.45) is 12.8 Å². The number of nitrogens with two attached hydrogens (primary N) is 1. The zero-order chi connectivity index (χ0) is 13.1. The van der Waals surface area contributed by atoms with Crippen molar-refractivity contribution in [3.05, 3.63) is 46.9 Å². The Balaban J connectivity index is 2.08. The van der Waals surface area contributed by atoms with E-state index in [4.69, 9.17) is 5.73 Å². The zero-order valence-electron chi connectivity index (χ0n) is 10.5. The summed E-state index contributed by atoms with van der Waals surface area (Å²) >= 11 is 1.58. The van der Waals surface area contributed by atoms with Crippen LogP contribution in [0, 0.1) is 12.7 Å². The maximum atomic E-state index is 13.8. The van der Waals surface area contributed by atoms with Crippen LogP contribution in [0.5, 0.6) is 0 Å². The fraction of sp³-hybridized carbons (Fsp3) is 0.308. The van der Waals surface area contributed by atoms with Crippen molar-refractivity contribution in [1.29, 1.82) is 0 Å². The van der Waals surface area contributed by atoms with Crippen LogP contribution < -0.4 is 5.73 Å². The van der Waals surface area contributed by atoms with Crippen LogP contribution in [0.2, 0.25) is 0 Å². The van der Waals surface area contributed by atoms with Crippen LogP contribution in [0.15, 0.2) is 29.3 Å². The summed E-state index contributed by atoms with van der Waals surface area (Å²) in [7, 11) is 1.89. The molecule has 18 heavy (non-hydrogen) atoms. The van der Waals surface area contributed by atoms with Crippen LogP contribution in [0.1, 0.15) is 16.8 Å². The molecule has 0 bridgehead atoms. The molecule has 0 aliphatic heterocycles. The normalized spacial score (nSPS) is 10.9. The second kappa shape index (κ2) is 5.54. The van der Waals surface area contributed by atoms with Crippen molar-refractivity contribution in [3.63, 3.8) is 0 Å². The van der Waals surface area contributed by atoms with E-state index < -0.39 is 0 Å². The average molecular weight is 265 g/mol. The van der Waals surface area contributed by atoms with E-state index in [0.717, 1.165) is 16.3 Å². The molecule has 2 rings (SSSR count). The van der Waals surface area contributed by atoms with Crippen LogP contribution in [-0.4, -0.2) is 9.78 Å². The first kappa shape index (κ1) is 13.1. The van der Waals surface area contributed by atoms with E-state index in [-0.39, 0.29) is 5.82 Å². The van der Waals surface area contributed by atoms with E-state index in [2.05, 4.69) is 5.10 Å². The smallest absolute Gasteiger partial charge is 0.127 e. The molecule has 3 nitrogen and oxygen atoms in total. The van der Waals surface area contributed by atoms with Gasteiger partial charge < -0.3 is 5.73 Å². The molecule has 1 aromatic heterocycles. The summed E-state index contributed by atoms with van der Waals surface area (Å²) in [5.74, 6) is 0.402. The molecule has 1 heterocycles. The predicted molar refractivity (Wildman–Crippen MR) is 71.8 cm³/mol. The van der Waals surface area contributed by atoms with Gasteiger partial charge in [0.05, 0.1) is 10.7 Å². The minimum absolute atomic E-state index is 0.190. The lowest BCUT2D eigenvalue weighted by Crippen LogP contribution is -1.98. The maximum absolute atomic E-state index is 13.8. The Kier molecular flexibility index (Phi) is 4.04. The fourth-order valence-electron chi connectivity index (χ4n) is 1.71. The maximum Gasteiger partial charge on any atom is 0.127 e. The van der Waals surface area contributed by atoms with Crippen molar-refractivity contribution in [2.45, 2.75) is 24.2 Å². The molecule has 0 atom stereocenters. The van der Waals surface area contributed by atoms with E-state index in [9.17, 15) is 4.39 Å². The zero-order valence-corrected chi connectivity index (χ0v) is 11.3. The van der Waals surface area contributed by atoms with E-state index in [1.165, 1.54) is 6.07 Å². The molecule has 5 heteroatoms. The number of benzene rings is 1. The first-order valence-corrected chi connectivity index (χ1v) is 6.69. The summed E-state index contributed by atoms with van der Waals surface area (Å²) in [6, 6.07) is 7.17. The second-order valence-electron chi connectivity index (χ2n) is 4.17. The topological polar surface area (TPSA) is 43.8 Å². The minimum atomic E-state index is -0.190. The van der Waals surface area contributed by atoms with Crippen LogP contribution in [-0.2, 0) is 19.3 Å². The summed E-state index contributed by atoms with van der Waals surface area (Å²) in [5, 5.41) is 5.30. The van der Waals surface area contributed by atoms with E-state index in [1.807, 2.05) is 30.8 Å². The highest BCUT2D eigenvalue weighted by Crippen LogP contribution is 2.24. The molecule has 0 radical (unpaired) electrons. The van der Waals surface area contributed by atoms with Crippen LogP contribution in [0.3, 0.4) is 0 Å². The molecule has 0 saturated carbocycles. The lowest BCUT2D eigenvalue weighted by atomic mass is 10.1. The largest absolute Gasteiger partial charge is 0.326 e. The van der Waals surface area contributed by atoms with Gasteiger partial charge in [-0.15, -0.1) is 11.8 Å². The Hall–Kier alpha value is -1.33.